The number of imide groups is 1. The Morgan fingerprint density at radius 3 is 2.39 bits per heavy atom. The van der Waals surface area contributed by atoms with Gasteiger partial charge in [0.15, 0.2) is 0 Å². The number of piperidine rings is 1. The molecule has 1 aromatic carbocycles. The fraction of sp³-hybridized carbons (Fsp3) is 0.478. The number of carbonyl (C=O) groups excluding carboxylic acids is 4. The molecule has 0 radical (unpaired) electrons. The van der Waals surface area contributed by atoms with Crippen molar-refractivity contribution in [2.75, 3.05) is 26.2 Å². The first-order valence-electron chi connectivity index (χ1n) is 10.8. The van der Waals surface area contributed by atoms with Crippen LogP contribution >= 0.6 is 11.8 Å². The third-order valence-corrected chi connectivity index (χ3v) is 6.89. The van der Waals surface area contributed by atoms with Crippen LogP contribution in [0.25, 0.3) is 6.08 Å². The molecule has 4 rings (SSSR count). The Bertz CT molecular complexity index is 915. The van der Waals surface area contributed by atoms with Crippen LogP contribution in [-0.4, -0.2) is 58.9 Å². The van der Waals surface area contributed by atoms with Crippen molar-refractivity contribution in [2.24, 2.45) is 11.8 Å². The molecule has 2 heterocycles. The van der Waals surface area contributed by atoms with E-state index in [1.54, 1.807) is 6.08 Å². The number of carbonyl (C=O) groups is 4. The normalized spacial score (nSPS) is 21.1. The van der Waals surface area contributed by atoms with Gasteiger partial charge in [0.25, 0.3) is 11.1 Å². The lowest BCUT2D eigenvalue weighted by atomic mass is 9.95. The summed E-state index contributed by atoms with van der Waals surface area (Å²) < 4.78 is 0. The topological polar surface area (TPSA) is 86.8 Å². The van der Waals surface area contributed by atoms with Crippen molar-refractivity contribution in [2.45, 2.75) is 32.6 Å². The second kappa shape index (κ2) is 9.26. The zero-order valence-electron chi connectivity index (χ0n) is 17.6. The van der Waals surface area contributed by atoms with E-state index in [-0.39, 0.29) is 47.9 Å². The Morgan fingerprint density at radius 1 is 1.06 bits per heavy atom. The highest BCUT2D eigenvalue weighted by Gasteiger charge is 2.37. The molecule has 7 nitrogen and oxygen atoms in total. The summed E-state index contributed by atoms with van der Waals surface area (Å²) in [4.78, 5) is 52.9. The second-order valence-electron chi connectivity index (χ2n) is 8.41. The van der Waals surface area contributed by atoms with Crippen molar-refractivity contribution in [1.82, 2.24) is 15.1 Å². The van der Waals surface area contributed by atoms with Crippen molar-refractivity contribution in [3.63, 3.8) is 0 Å². The van der Waals surface area contributed by atoms with Crippen LogP contribution < -0.4 is 5.32 Å². The van der Waals surface area contributed by atoms with Crippen LogP contribution in [0.5, 0.6) is 0 Å². The van der Waals surface area contributed by atoms with Gasteiger partial charge in [-0.1, -0.05) is 29.8 Å². The molecular weight excluding hydrogens is 414 g/mol. The molecule has 1 N–H and O–H groups in total. The fourth-order valence-electron chi connectivity index (χ4n) is 3.89. The number of benzene rings is 1. The van der Waals surface area contributed by atoms with E-state index in [0.717, 1.165) is 35.7 Å². The number of nitrogens with one attached hydrogen (secondary N) is 1. The molecule has 4 amide bonds. The van der Waals surface area contributed by atoms with E-state index >= 15 is 0 Å². The van der Waals surface area contributed by atoms with Gasteiger partial charge in [-0.25, -0.2) is 0 Å². The number of aryl methyl sites for hydroxylation is 1. The van der Waals surface area contributed by atoms with Gasteiger partial charge in [0.05, 0.1) is 4.91 Å². The van der Waals surface area contributed by atoms with E-state index in [1.165, 1.54) is 4.90 Å². The summed E-state index contributed by atoms with van der Waals surface area (Å²) in [6.07, 6.45) is 5.02. The van der Waals surface area contributed by atoms with Gasteiger partial charge in [0.1, 0.15) is 0 Å². The summed E-state index contributed by atoms with van der Waals surface area (Å²) in [5.74, 6) is -0.0716. The van der Waals surface area contributed by atoms with Gasteiger partial charge in [-0.05, 0) is 56.0 Å². The number of hydrogen-bond acceptors (Lipinski definition) is 5. The van der Waals surface area contributed by atoms with Gasteiger partial charge in [-0.3, -0.25) is 24.1 Å². The maximum atomic E-state index is 12.6. The molecule has 2 aliphatic heterocycles. The lowest BCUT2D eigenvalue weighted by molar-refractivity contribution is -0.136. The summed E-state index contributed by atoms with van der Waals surface area (Å²) in [5, 5.41) is 2.54. The number of hydrogen-bond donors (Lipinski definition) is 1. The minimum absolute atomic E-state index is 0.0688. The minimum atomic E-state index is -0.322. The van der Waals surface area contributed by atoms with Crippen molar-refractivity contribution in [1.29, 1.82) is 0 Å². The van der Waals surface area contributed by atoms with Gasteiger partial charge in [0, 0.05) is 38.0 Å². The number of likely N-dealkylation sites (tertiary alicyclic amines) is 1. The van der Waals surface area contributed by atoms with E-state index in [1.807, 2.05) is 36.1 Å². The van der Waals surface area contributed by atoms with Crippen LogP contribution in [0.1, 0.15) is 36.8 Å². The minimum Gasteiger partial charge on any atom is -0.354 e. The molecule has 0 unspecified atom stereocenters. The molecule has 8 heteroatoms. The van der Waals surface area contributed by atoms with E-state index < -0.39 is 0 Å². The first-order chi connectivity index (χ1) is 14.9. The molecule has 0 bridgehead atoms. The fourth-order valence-corrected chi connectivity index (χ4v) is 4.76. The maximum Gasteiger partial charge on any atom is 0.293 e. The first kappa shape index (κ1) is 21.6. The number of nitrogens with zero attached hydrogens (tertiary/aromatic N) is 2. The van der Waals surface area contributed by atoms with Gasteiger partial charge in [-0.15, -0.1) is 0 Å². The molecule has 31 heavy (non-hydrogen) atoms. The number of thioether (sulfide) groups is 1. The highest BCUT2D eigenvalue weighted by Crippen LogP contribution is 2.33. The molecule has 2 saturated heterocycles. The Labute approximate surface area is 186 Å². The molecule has 3 aliphatic rings. The predicted molar refractivity (Wildman–Crippen MR) is 119 cm³/mol. The summed E-state index contributed by atoms with van der Waals surface area (Å²) in [6.45, 7) is 3.63. The van der Waals surface area contributed by atoms with Crippen molar-refractivity contribution in [3.8, 4) is 0 Å². The third-order valence-electron chi connectivity index (χ3n) is 5.99. The van der Waals surface area contributed by atoms with Crippen molar-refractivity contribution >= 4 is 40.8 Å². The Morgan fingerprint density at radius 2 is 1.74 bits per heavy atom. The molecule has 1 saturated carbocycles. The standard InChI is InChI=1S/C23H27N3O4S/c1-15-2-4-16(5-3-15)14-19-22(29)26(23(30)31-19)13-10-24-20(27)17-8-11-25(12-9-17)21(28)18-6-7-18/h2-5,14,17-18H,6-13H2,1H3,(H,24,27)/b19-14+. The van der Waals surface area contributed by atoms with E-state index in [0.29, 0.717) is 30.8 Å². The van der Waals surface area contributed by atoms with E-state index in [9.17, 15) is 19.2 Å². The molecule has 1 aliphatic carbocycles. The zero-order chi connectivity index (χ0) is 22.0. The summed E-state index contributed by atoms with van der Waals surface area (Å²) in [6, 6.07) is 7.73. The number of rotatable bonds is 6. The molecule has 0 aromatic heterocycles. The van der Waals surface area contributed by atoms with Gasteiger partial charge in [-0.2, -0.15) is 0 Å². The quantitative estimate of drug-likeness (QED) is 0.686. The smallest absolute Gasteiger partial charge is 0.293 e. The maximum absolute atomic E-state index is 12.6. The van der Waals surface area contributed by atoms with Crippen LogP contribution in [0.3, 0.4) is 0 Å². The van der Waals surface area contributed by atoms with Gasteiger partial charge in [0.2, 0.25) is 11.8 Å². The van der Waals surface area contributed by atoms with Crippen LogP contribution in [-0.2, 0) is 14.4 Å². The average molecular weight is 442 g/mol. The molecule has 0 spiro atoms. The summed E-state index contributed by atoms with van der Waals surface area (Å²) in [7, 11) is 0. The van der Waals surface area contributed by atoms with Crippen LogP contribution in [0.15, 0.2) is 29.2 Å². The lowest BCUT2D eigenvalue weighted by Gasteiger charge is -2.31. The van der Waals surface area contributed by atoms with Crippen molar-refractivity contribution < 1.29 is 19.2 Å². The summed E-state index contributed by atoms with van der Waals surface area (Å²) >= 11 is 0.926. The third kappa shape index (κ3) is 5.18. The predicted octanol–water partition coefficient (Wildman–Crippen LogP) is 2.80. The lowest BCUT2D eigenvalue weighted by Crippen LogP contribution is -2.45. The first-order valence-corrected chi connectivity index (χ1v) is 11.6. The molecule has 3 fully saturated rings. The Kier molecular flexibility index (Phi) is 6.46. The highest BCUT2D eigenvalue weighted by molar-refractivity contribution is 8.18. The van der Waals surface area contributed by atoms with Crippen LogP contribution in [0.2, 0.25) is 0 Å². The van der Waals surface area contributed by atoms with E-state index in [4.69, 9.17) is 0 Å². The average Bonchev–Trinajstić information content (AvgIpc) is 3.58. The summed E-state index contributed by atoms with van der Waals surface area (Å²) in [5.41, 5.74) is 2.00. The van der Waals surface area contributed by atoms with E-state index in [2.05, 4.69) is 5.32 Å². The van der Waals surface area contributed by atoms with Gasteiger partial charge >= 0.3 is 0 Å². The Hall–Kier alpha value is -2.61. The highest BCUT2D eigenvalue weighted by atomic mass is 32.2. The number of amides is 4. The largest absolute Gasteiger partial charge is 0.354 e. The van der Waals surface area contributed by atoms with Crippen molar-refractivity contribution in [3.05, 3.63) is 40.3 Å². The molecule has 164 valence electrons. The molecule has 0 atom stereocenters. The molecular formula is C23H27N3O4S. The second-order valence-corrected chi connectivity index (χ2v) is 9.40. The van der Waals surface area contributed by atoms with Crippen LogP contribution in [0.4, 0.5) is 4.79 Å². The zero-order valence-corrected chi connectivity index (χ0v) is 18.5. The SMILES string of the molecule is Cc1ccc(/C=C2/SC(=O)N(CCNC(=O)C3CCN(C(=O)C4CC4)CC3)C2=O)cc1. The van der Waals surface area contributed by atoms with Gasteiger partial charge < -0.3 is 10.2 Å². The monoisotopic (exact) mass is 441 g/mol. The van der Waals surface area contributed by atoms with Crippen LogP contribution in [0, 0.1) is 18.8 Å². The molecule has 1 aromatic rings. The Balaban J connectivity index is 1.23.